The molecule has 3 amide bonds. The van der Waals surface area contributed by atoms with Gasteiger partial charge in [0.2, 0.25) is 5.91 Å². The zero-order valence-electron chi connectivity index (χ0n) is 21.7. The average Bonchev–Trinajstić information content (AvgIpc) is 2.92. The maximum absolute atomic E-state index is 13.3. The molecule has 3 aromatic rings. The third-order valence-corrected chi connectivity index (χ3v) is 6.22. The van der Waals surface area contributed by atoms with Gasteiger partial charge < -0.3 is 15.3 Å². The molecule has 0 saturated heterocycles. The number of urea groups is 1. The molecule has 2 atom stereocenters. The van der Waals surface area contributed by atoms with Crippen LogP contribution in [0.1, 0.15) is 25.0 Å². The number of aliphatic carboxylic acids is 1. The fourth-order valence-corrected chi connectivity index (χ4v) is 4.32. The Morgan fingerprint density at radius 3 is 1.87 bits per heavy atom. The van der Waals surface area contributed by atoms with E-state index in [9.17, 15) is 24.7 Å². The SMILES string of the molecule is CC(C)CN(CC(Cc1ccccc1)C(=O)NO)C(=O)N[C@@H](Cc1ccc(-c2ccccc2)cc1)C(=O)O. The van der Waals surface area contributed by atoms with Crippen LogP contribution in [-0.4, -0.2) is 52.3 Å². The molecule has 4 N–H and O–H groups in total. The molecule has 0 aliphatic heterocycles. The molecule has 3 rings (SSSR count). The van der Waals surface area contributed by atoms with E-state index in [0.29, 0.717) is 13.0 Å². The van der Waals surface area contributed by atoms with Crippen molar-refractivity contribution in [1.82, 2.24) is 15.7 Å². The highest BCUT2D eigenvalue weighted by Crippen LogP contribution is 2.20. The number of nitrogens with zero attached hydrogens (tertiary/aromatic N) is 1. The molecule has 0 radical (unpaired) electrons. The number of carboxylic acid groups (broad SMARTS) is 1. The summed E-state index contributed by atoms with van der Waals surface area (Å²) in [5.74, 6) is -2.41. The Bertz CT molecular complexity index is 1180. The Labute approximate surface area is 223 Å². The second kappa shape index (κ2) is 13.9. The monoisotopic (exact) mass is 517 g/mol. The highest BCUT2D eigenvalue weighted by atomic mass is 16.5. The highest BCUT2D eigenvalue weighted by molar-refractivity contribution is 5.84. The second-order valence-corrected chi connectivity index (χ2v) is 9.77. The van der Waals surface area contributed by atoms with E-state index < -0.39 is 29.9 Å². The molecule has 0 aromatic heterocycles. The molecule has 8 heteroatoms. The third-order valence-electron chi connectivity index (χ3n) is 6.22. The molecule has 38 heavy (non-hydrogen) atoms. The number of nitrogens with one attached hydrogen (secondary N) is 2. The van der Waals surface area contributed by atoms with Gasteiger partial charge in [-0.1, -0.05) is 98.8 Å². The van der Waals surface area contributed by atoms with Gasteiger partial charge in [-0.2, -0.15) is 0 Å². The lowest BCUT2D eigenvalue weighted by Crippen LogP contribution is -2.52. The van der Waals surface area contributed by atoms with Crippen molar-refractivity contribution in [3.05, 3.63) is 96.1 Å². The first-order valence-electron chi connectivity index (χ1n) is 12.7. The van der Waals surface area contributed by atoms with Crippen LogP contribution < -0.4 is 10.8 Å². The molecule has 0 fully saturated rings. The number of rotatable bonds is 12. The molecule has 0 saturated carbocycles. The molecular formula is C30H35N3O5. The van der Waals surface area contributed by atoms with E-state index >= 15 is 0 Å². The summed E-state index contributed by atoms with van der Waals surface area (Å²) in [5, 5.41) is 21.8. The number of hydrogen-bond acceptors (Lipinski definition) is 4. The van der Waals surface area contributed by atoms with Crippen molar-refractivity contribution < 1.29 is 24.7 Å². The van der Waals surface area contributed by atoms with Crippen molar-refractivity contribution in [3.8, 4) is 11.1 Å². The second-order valence-electron chi connectivity index (χ2n) is 9.77. The molecule has 8 nitrogen and oxygen atoms in total. The molecule has 200 valence electrons. The van der Waals surface area contributed by atoms with E-state index in [1.807, 2.05) is 98.8 Å². The number of carboxylic acids is 1. The predicted octanol–water partition coefficient (Wildman–Crippen LogP) is 4.38. The van der Waals surface area contributed by atoms with Crippen LogP contribution in [0.5, 0.6) is 0 Å². The first-order chi connectivity index (χ1) is 18.3. The number of carbonyl (C=O) groups is 3. The highest BCUT2D eigenvalue weighted by Gasteiger charge is 2.28. The van der Waals surface area contributed by atoms with Gasteiger partial charge in [0.15, 0.2) is 0 Å². The fourth-order valence-electron chi connectivity index (χ4n) is 4.32. The molecule has 0 aliphatic carbocycles. The summed E-state index contributed by atoms with van der Waals surface area (Å²) in [6.07, 6.45) is 0.418. The van der Waals surface area contributed by atoms with Crippen LogP contribution in [0.2, 0.25) is 0 Å². The Kier molecular flexibility index (Phi) is 10.4. The van der Waals surface area contributed by atoms with Gasteiger partial charge in [0.25, 0.3) is 0 Å². The van der Waals surface area contributed by atoms with Crippen LogP contribution in [0.15, 0.2) is 84.9 Å². The largest absolute Gasteiger partial charge is 0.480 e. The number of carbonyl (C=O) groups excluding carboxylic acids is 2. The molecule has 1 unspecified atom stereocenters. The minimum atomic E-state index is -1.15. The molecule has 3 aromatic carbocycles. The van der Waals surface area contributed by atoms with Crippen molar-refractivity contribution in [2.45, 2.75) is 32.7 Å². The van der Waals surface area contributed by atoms with Gasteiger partial charge in [-0.3, -0.25) is 10.0 Å². The smallest absolute Gasteiger partial charge is 0.326 e. The van der Waals surface area contributed by atoms with Crippen molar-refractivity contribution in [3.63, 3.8) is 0 Å². The fraction of sp³-hybridized carbons (Fsp3) is 0.300. The number of hydroxylamine groups is 1. The molecular weight excluding hydrogens is 482 g/mol. The summed E-state index contributed by atoms with van der Waals surface area (Å²) < 4.78 is 0. The molecule has 0 heterocycles. The van der Waals surface area contributed by atoms with Gasteiger partial charge in [-0.15, -0.1) is 0 Å². The Morgan fingerprint density at radius 2 is 1.32 bits per heavy atom. The van der Waals surface area contributed by atoms with Crippen molar-refractivity contribution in [2.75, 3.05) is 13.1 Å². The summed E-state index contributed by atoms with van der Waals surface area (Å²) >= 11 is 0. The van der Waals surface area contributed by atoms with E-state index in [1.165, 1.54) is 4.90 Å². The normalized spacial score (nSPS) is 12.4. The minimum Gasteiger partial charge on any atom is -0.480 e. The predicted molar refractivity (Wildman–Crippen MR) is 146 cm³/mol. The lowest BCUT2D eigenvalue weighted by atomic mass is 9.97. The summed E-state index contributed by atoms with van der Waals surface area (Å²) in [6, 6.07) is 25.0. The summed E-state index contributed by atoms with van der Waals surface area (Å²) in [6.45, 7) is 4.19. The summed E-state index contributed by atoms with van der Waals surface area (Å²) in [4.78, 5) is 39.2. The maximum atomic E-state index is 13.3. The third kappa shape index (κ3) is 8.45. The van der Waals surface area contributed by atoms with Crippen LogP contribution in [0.3, 0.4) is 0 Å². The zero-order chi connectivity index (χ0) is 27.5. The van der Waals surface area contributed by atoms with Gasteiger partial charge in [0.05, 0.1) is 5.92 Å². The zero-order valence-corrected chi connectivity index (χ0v) is 21.7. The molecule has 0 bridgehead atoms. The van der Waals surface area contributed by atoms with Crippen LogP contribution in [0, 0.1) is 11.8 Å². The first-order valence-corrected chi connectivity index (χ1v) is 12.7. The van der Waals surface area contributed by atoms with Gasteiger partial charge in [-0.05, 0) is 34.6 Å². The van der Waals surface area contributed by atoms with E-state index in [-0.39, 0.29) is 18.9 Å². The maximum Gasteiger partial charge on any atom is 0.326 e. The lowest BCUT2D eigenvalue weighted by molar-refractivity contribution is -0.139. The van der Waals surface area contributed by atoms with E-state index in [4.69, 9.17) is 0 Å². The van der Waals surface area contributed by atoms with Gasteiger partial charge in [0, 0.05) is 19.5 Å². The van der Waals surface area contributed by atoms with Gasteiger partial charge in [-0.25, -0.2) is 15.1 Å². The average molecular weight is 518 g/mol. The van der Waals surface area contributed by atoms with Crippen molar-refractivity contribution in [2.24, 2.45) is 11.8 Å². The van der Waals surface area contributed by atoms with Crippen molar-refractivity contribution in [1.29, 1.82) is 0 Å². The quantitative estimate of drug-likeness (QED) is 0.210. The Balaban J connectivity index is 1.72. The lowest BCUT2D eigenvalue weighted by Gasteiger charge is -2.29. The molecule has 0 aliphatic rings. The van der Waals surface area contributed by atoms with Crippen LogP contribution >= 0.6 is 0 Å². The molecule has 0 spiro atoms. The van der Waals surface area contributed by atoms with Crippen LogP contribution in [0.25, 0.3) is 11.1 Å². The van der Waals surface area contributed by atoms with Crippen LogP contribution in [-0.2, 0) is 22.4 Å². The number of hydrogen-bond donors (Lipinski definition) is 4. The van der Waals surface area contributed by atoms with Crippen LogP contribution in [0.4, 0.5) is 4.79 Å². The number of amides is 3. The van der Waals surface area contributed by atoms with E-state index in [0.717, 1.165) is 22.3 Å². The standard InChI is InChI=1S/C30H35N3O5/c1-21(2)19-33(20-26(28(34)32-38)17-22-9-5-3-6-10-22)30(37)31-27(29(35)36)18-23-13-15-25(16-14-23)24-11-7-4-8-12-24/h3-16,21,26-27,38H,17-20H2,1-2H3,(H,31,37)(H,32,34)(H,35,36)/t26?,27-/m0/s1. The summed E-state index contributed by atoms with van der Waals surface area (Å²) in [5.41, 5.74) is 5.43. The van der Waals surface area contributed by atoms with E-state index in [1.54, 1.807) is 5.48 Å². The Morgan fingerprint density at radius 1 is 0.763 bits per heavy atom. The Hall–Kier alpha value is -4.17. The first kappa shape index (κ1) is 28.4. The topological polar surface area (TPSA) is 119 Å². The van der Waals surface area contributed by atoms with Crippen molar-refractivity contribution >= 4 is 17.9 Å². The minimum absolute atomic E-state index is 0.0173. The summed E-state index contributed by atoms with van der Waals surface area (Å²) in [7, 11) is 0. The van der Waals surface area contributed by atoms with E-state index in [2.05, 4.69) is 5.32 Å². The van der Waals surface area contributed by atoms with Gasteiger partial charge >= 0.3 is 12.0 Å². The number of benzene rings is 3. The van der Waals surface area contributed by atoms with Gasteiger partial charge in [0.1, 0.15) is 6.04 Å².